The van der Waals surface area contributed by atoms with E-state index in [0.717, 1.165) is 30.3 Å². The Bertz CT molecular complexity index is 926. The summed E-state index contributed by atoms with van der Waals surface area (Å²) in [6, 6.07) is 15.4. The van der Waals surface area contributed by atoms with Crippen LogP contribution in [-0.4, -0.2) is 0 Å². The van der Waals surface area contributed by atoms with Crippen molar-refractivity contribution >= 4 is 23.1 Å². The van der Waals surface area contributed by atoms with Gasteiger partial charge in [0.2, 0.25) is 0 Å². The fourth-order valence-electron chi connectivity index (χ4n) is 3.33. The van der Waals surface area contributed by atoms with Crippen LogP contribution in [-0.2, 0) is 6.42 Å². The average Bonchev–Trinajstić information content (AvgIpc) is 2.95. The fraction of sp³-hybridized carbons (Fsp3) is 0.238. The van der Waals surface area contributed by atoms with Crippen LogP contribution in [0, 0.1) is 0 Å². The lowest BCUT2D eigenvalue weighted by atomic mass is 10.00. The number of rotatable bonds is 3. The van der Waals surface area contributed by atoms with Gasteiger partial charge in [0.25, 0.3) is 0 Å². The van der Waals surface area contributed by atoms with Gasteiger partial charge in [-0.1, -0.05) is 61.9 Å². The molecule has 0 amide bonds. The van der Waals surface area contributed by atoms with E-state index in [9.17, 15) is 0 Å². The van der Waals surface area contributed by atoms with Crippen molar-refractivity contribution in [3.8, 4) is 11.1 Å². The molecule has 1 aliphatic carbocycles. The first kappa shape index (κ1) is 13.4. The Kier molecular flexibility index (Phi) is 3.34. The lowest BCUT2D eigenvalue weighted by Gasteiger charge is -2.04. The third-order valence-electron chi connectivity index (χ3n) is 4.43. The summed E-state index contributed by atoms with van der Waals surface area (Å²) in [5.74, 6) is 0. The van der Waals surface area contributed by atoms with E-state index in [1.165, 1.54) is 33.7 Å². The number of hydrogen-bond acceptors (Lipinski definition) is 1. The van der Waals surface area contributed by atoms with Gasteiger partial charge in [0.15, 0.2) is 0 Å². The van der Waals surface area contributed by atoms with Gasteiger partial charge in [-0.05, 0) is 36.5 Å². The zero-order chi connectivity index (χ0) is 14.9. The standard InChI is InChI=1S/C21H20O/c1-2-6-15-11-13-16(14-12-15)17-8-5-9-19-18-7-3-4-10-20(18)22-21(17)19/h5,7-14H,2-4,6H2,1H3. The van der Waals surface area contributed by atoms with Crippen LogP contribution in [0.15, 0.2) is 46.9 Å². The lowest BCUT2D eigenvalue weighted by Crippen LogP contribution is -2.21. The van der Waals surface area contributed by atoms with E-state index in [2.05, 4.69) is 61.5 Å². The Labute approximate surface area is 130 Å². The maximum atomic E-state index is 6.17. The predicted molar refractivity (Wildman–Crippen MR) is 93.1 cm³/mol. The van der Waals surface area contributed by atoms with E-state index < -0.39 is 0 Å². The van der Waals surface area contributed by atoms with E-state index in [-0.39, 0.29) is 0 Å². The van der Waals surface area contributed by atoms with Gasteiger partial charge in [0.05, 0.1) is 0 Å². The van der Waals surface area contributed by atoms with Crippen molar-refractivity contribution in [3.63, 3.8) is 0 Å². The fourth-order valence-corrected chi connectivity index (χ4v) is 3.33. The average molecular weight is 288 g/mol. The highest BCUT2D eigenvalue weighted by Crippen LogP contribution is 2.27. The van der Waals surface area contributed by atoms with Crippen LogP contribution in [0.2, 0.25) is 0 Å². The highest BCUT2D eigenvalue weighted by molar-refractivity contribution is 5.93. The topological polar surface area (TPSA) is 13.1 Å². The Hall–Kier alpha value is -2.28. The lowest BCUT2D eigenvalue weighted by molar-refractivity contribution is 0.572. The van der Waals surface area contributed by atoms with E-state index in [1.807, 2.05) is 0 Å². The minimum Gasteiger partial charge on any atom is -0.456 e. The second-order valence-electron chi connectivity index (χ2n) is 5.99. The second-order valence-corrected chi connectivity index (χ2v) is 5.99. The minimum absolute atomic E-state index is 1.02. The van der Waals surface area contributed by atoms with Gasteiger partial charge < -0.3 is 4.42 Å². The molecule has 4 rings (SSSR count). The van der Waals surface area contributed by atoms with Crippen molar-refractivity contribution in [1.82, 2.24) is 0 Å². The smallest absolute Gasteiger partial charge is 0.143 e. The Morgan fingerprint density at radius 1 is 0.955 bits per heavy atom. The minimum atomic E-state index is 1.02. The molecule has 0 aliphatic heterocycles. The molecule has 0 radical (unpaired) electrons. The van der Waals surface area contributed by atoms with Crippen molar-refractivity contribution in [2.45, 2.75) is 32.6 Å². The van der Waals surface area contributed by atoms with E-state index in [4.69, 9.17) is 4.42 Å². The summed E-state index contributed by atoms with van der Waals surface area (Å²) in [6.45, 7) is 2.22. The summed E-state index contributed by atoms with van der Waals surface area (Å²) in [5, 5.41) is 2.51. The molecule has 0 fully saturated rings. The van der Waals surface area contributed by atoms with Crippen molar-refractivity contribution in [2.24, 2.45) is 0 Å². The van der Waals surface area contributed by atoms with Crippen LogP contribution in [0.5, 0.6) is 0 Å². The number of benzene rings is 2. The monoisotopic (exact) mass is 288 g/mol. The molecule has 1 heteroatoms. The molecular weight excluding hydrogens is 268 g/mol. The van der Waals surface area contributed by atoms with Gasteiger partial charge in [0.1, 0.15) is 11.0 Å². The predicted octanol–water partition coefficient (Wildman–Crippen LogP) is 4.41. The number of aryl methyl sites for hydroxylation is 1. The number of para-hydroxylation sites is 1. The van der Waals surface area contributed by atoms with Gasteiger partial charge in [-0.25, -0.2) is 0 Å². The summed E-state index contributed by atoms with van der Waals surface area (Å²) in [4.78, 5) is 0. The molecule has 0 saturated heterocycles. The third-order valence-corrected chi connectivity index (χ3v) is 4.43. The van der Waals surface area contributed by atoms with Gasteiger partial charge in [-0.15, -0.1) is 0 Å². The summed E-state index contributed by atoms with van der Waals surface area (Å²) < 4.78 is 6.17. The van der Waals surface area contributed by atoms with Crippen LogP contribution in [0.1, 0.15) is 31.7 Å². The van der Waals surface area contributed by atoms with E-state index >= 15 is 0 Å². The van der Waals surface area contributed by atoms with Crippen LogP contribution in [0.4, 0.5) is 0 Å². The molecular formula is C21H20O. The number of hydrogen-bond donors (Lipinski definition) is 0. The number of fused-ring (bicyclic) bond motifs is 3. The normalized spacial score (nSPS) is 13.5. The molecule has 3 aromatic rings. The molecule has 110 valence electrons. The van der Waals surface area contributed by atoms with Crippen LogP contribution in [0.25, 0.3) is 34.2 Å². The summed E-state index contributed by atoms with van der Waals surface area (Å²) >= 11 is 0. The maximum absolute atomic E-state index is 6.17. The Morgan fingerprint density at radius 3 is 2.59 bits per heavy atom. The molecule has 0 bridgehead atoms. The van der Waals surface area contributed by atoms with Crippen molar-refractivity contribution in [1.29, 1.82) is 0 Å². The molecule has 1 aromatic heterocycles. The first-order valence-electron chi connectivity index (χ1n) is 8.18. The summed E-state index contributed by atoms with van der Waals surface area (Å²) in [6.07, 6.45) is 9.03. The SMILES string of the molecule is CCCc1ccc(-c2cccc3c4c(oc23)=CCCC=4)cc1. The van der Waals surface area contributed by atoms with Crippen LogP contribution < -0.4 is 10.6 Å². The van der Waals surface area contributed by atoms with E-state index in [0.29, 0.717) is 0 Å². The molecule has 2 aromatic carbocycles. The zero-order valence-electron chi connectivity index (χ0n) is 12.9. The molecule has 0 atom stereocenters. The first-order chi connectivity index (χ1) is 10.9. The molecule has 1 nitrogen and oxygen atoms in total. The maximum Gasteiger partial charge on any atom is 0.143 e. The largest absolute Gasteiger partial charge is 0.456 e. The Balaban J connectivity index is 1.90. The number of furan rings is 1. The molecule has 1 heterocycles. The highest BCUT2D eigenvalue weighted by atomic mass is 16.3. The van der Waals surface area contributed by atoms with Gasteiger partial charge in [0, 0.05) is 16.2 Å². The van der Waals surface area contributed by atoms with Crippen LogP contribution >= 0.6 is 0 Å². The molecule has 0 saturated carbocycles. The van der Waals surface area contributed by atoms with Crippen LogP contribution in [0.3, 0.4) is 0 Å². The molecule has 0 N–H and O–H groups in total. The molecule has 1 aliphatic rings. The summed E-state index contributed by atoms with van der Waals surface area (Å²) in [5.41, 5.74) is 5.88. The van der Waals surface area contributed by atoms with E-state index in [1.54, 1.807) is 0 Å². The van der Waals surface area contributed by atoms with Crippen molar-refractivity contribution in [2.75, 3.05) is 0 Å². The Morgan fingerprint density at radius 2 is 1.77 bits per heavy atom. The summed E-state index contributed by atoms with van der Waals surface area (Å²) in [7, 11) is 0. The molecule has 0 spiro atoms. The molecule has 0 unspecified atom stereocenters. The van der Waals surface area contributed by atoms with Gasteiger partial charge in [-0.2, -0.15) is 0 Å². The van der Waals surface area contributed by atoms with Gasteiger partial charge in [-0.3, -0.25) is 0 Å². The molecule has 22 heavy (non-hydrogen) atoms. The quantitative estimate of drug-likeness (QED) is 0.696. The second kappa shape index (κ2) is 5.49. The highest BCUT2D eigenvalue weighted by Gasteiger charge is 2.11. The van der Waals surface area contributed by atoms with Gasteiger partial charge >= 0.3 is 0 Å². The zero-order valence-corrected chi connectivity index (χ0v) is 12.9. The third kappa shape index (κ3) is 2.18. The van der Waals surface area contributed by atoms with Crippen molar-refractivity contribution in [3.05, 3.63) is 58.7 Å². The first-order valence-corrected chi connectivity index (χ1v) is 8.18. The van der Waals surface area contributed by atoms with Crippen molar-refractivity contribution < 1.29 is 4.42 Å².